The molecule has 56 heavy (non-hydrogen) atoms. The molecule has 2 heteroatoms. The Labute approximate surface area is 330 Å². The molecule has 0 saturated heterocycles. The molecule has 7 aliphatic carbocycles. The molecule has 0 amide bonds. The van der Waals surface area contributed by atoms with Crippen LogP contribution in [-0.4, -0.2) is 9.55 Å². The summed E-state index contributed by atoms with van der Waals surface area (Å²) in [5.41, 5.74) is 16.9. The van der Waals surface area contributed by atoms with Gasteiger partial charge in [0.1, 0.15) is 5.82 Å². The molecule has 274 valence electrons. The molecule has 11 rings (SSSR count). The van der Waals surface area contributed by atoms with E-state index in [2.05, 4.69) is 169 Å². The molecule has 5 atom stereocenters. The number of nitrogens with zero attached hydrogens (tertiary/aromatic N) is 2. The van der Waals surface area contributed by atoms with Crippen molar-refractivity contribution in [3.8, 4) is 5.69 Å². The van der Waals surface area contributed by atoms with Crippen LogP contribution in [0.25, 0.3) is 34.4 Å². The first kappa shape index (κ1) is 33.6. The van der Waals surface area contributed by atoms with Gasteiger partial charge in [-0.3, -0.25) is 4.57 Å². The summed E-state index contributed by atoms with van der Waals surface area (Å²) >= 11 is 0. The van der Waals surface area contributed by atoms with E-state index in [1.807, 2.05) is 0 Å². The number of imidazole rings is 1. The largest absolute Gasteiger partial charge is 0.293 e. The van der Waals surface area contributed by atoms with Gasteiger partial charge in [0, 0.05) is 11.6 Å². The Hall–Kier alpha value is -5.73. The fourth-order valence-electron chi connectivity index (χ4n) is 11.0. The molecule has 1 heterocycles. The third kappa shape index (κ3) is 5.64. The average Bonchev–Trinajstić information content (AvgIpc) is 3.64. The van der Waals surface area contributed by atoms with Crippen LogP contribution in [0.4, 0.5) is 0 Å². The van der Waals surface area contributed by atoms with Crippen LogP contribution in [0.1, 0.15) is 57.7 Å². The van der Waals surface area contributed by atoms with Gasteiger partial charge in [-0.2, -0.15) is 0 Å². The highest BCUT2D eigenvalue weighted by Crippen LogP contribution is 2.54. The van der Waals surface area contributed by atoms with Gasteiger partial charge in [-0.05, 0) is 148 Å². The van der Waals surface area contributed by atoms with Crippen LogP contribution in [0.15, 0.2) is 190 Å². The minimum Gasteiger partial charge on any atom is -0.293 e. The standard InChI is InChI=1S/C54H48N2/c1-35-31-40(27-29-45(35)54-55-50-21-11-12-22-51(50)56(54)44-17-3-2-4-18-44)41-28-30-48-49(34-41)53(43-26-24-37-14-6-8-16-39(37)33-43)47-20-10-9-19-46(47)52(48)42-25-23-36-13-5-7-15-38(36)32-42/h2-8,10-18,20-23,26-27,29,32-35,37,42,46,52H,9,19,24-25,28,30-31H2,1H3. The topological polar surface area (TPSA) is 17.8 Å². The van der Waals surface area contributed by atoms with E-state index in [4.69, 9.17) is 4.98 Å². The quantitative estimate of drug-likeness (QED) is 0.200. The van der Waals surface area contributed by atoms with Crippen molar-refractivity contribution in [3.05, 3.63) is 207 Å². The lowest BCUT2D eigenvalue weighted by Crippen LogP contribution is -2.37. The zero-order chi connectivity index (χ0) is 37.2. The molecule has 3 aromatic carbocycles. The summed E-state index contributed by atoms with van der Waals surface area (Å²) in [6, 6.07) is 28.3. The molecule has 0 radical (unpaired) electrons. The van der Waals surface area contributed by atoms with Gasteiger partial charge < -0.3 is 0 Å². The highest BCUT2D eigenvalue weighted by atomic mass is 15.1. The summed E-state index contributed by atoms with van der Waals surface area (Å²) in [6.45, 7) is 2.40. The molecule has 0 N–H and O–H groups in total. The first-order valence-electron chi connectivity index (χ1n) is 21.0. The zero-order valence-electron chi connectivity index (χ0n) is 32.2. The first-order chi connectivity index (χ1) is 27.7. The van der Waals surface area contributed by atoms with Crippen LogP contribution < -0.4 is 10.4 Å². The first-order valence-corrected chi connectivity index (χ1v) is 21.0. The molecule has 2 nitrogen and oxygen atoms in total. The molecule has 0 aliphatic heterocycles. The summed E-state index contributed by atoms with van der Waals surface area (Å²) in [6.07, 6.45) is 39.7. The number of para-hydroxylation sites is 3. The Morgan fingerprint density at radius 3 is 2.54 bits per heavy atom. The minimum absolute atomic E-state index is 0.342. The van der Waals surface area contributed by atoms with Crippen LogP contribution in [0.3, 0.4) is 0 Å². The van der Waals surface area contributed by atoms with Gasteiger partial charge in [-0.25, -0.2) is 4.98 Å². The van der Waals surface area contributed by atoms with Gasteiger partial charge in [0.15, 0.2) is 0 Å². The Morgan fingerprint density at radius 1 is 0.768 bits per heavy atom. The van der Waals surface area contributed by atoms with Gasteiger partial charge in [0.2, 0.25) is 0 Å². The molecule has 5 unspecified atom stereocenters. The molecule has 7 aliphatic rings. The summed E-state index contributed by atoms with van der Waals surface area (Å²) in [5, 5.41) is 2.81. The van der Waals surface area contributed by atoms with E-state index in [0.29, 0.717) is 29.6 Å². The van der Waals surface area contributed by atoms with Crippen LogP contribution in [-0.2, 0) is 0 Å². The Bertz CT molecular complexity index is 2740. The van der Waals surface area contributed by atoms with Crippen molar-refractivity contribution >= 4 is 28.8 Å². The number of allylic oxidation sites excluding steroid dienone is 20. The number of aromatic nitrogens is 2. The predicted octanol–water partition coefficient (Wildman–Crippen LogP) is 11.6. The maximum absolute atomic E-state index is 5.25. The summed E-state index contributed by atoms with van der Waals surface area (Å²) < 4.78 is 2.36. The average molecular weight is 725 g/mol. The van der Waals surface area contributed by atoms with Crippen LogP contribution >= 0.6 is 0 Å². The van der Waals surface area contributed by atoms with E-state index >= 15 is 0 Å². The van der Waals surface area contributed by atoms with E-state index in [9.17, 15) is 0 Å². The SMILES string of the molecule is CC1CC(C2=CC3=C(CC2)C(C2C=c4ccccc4=CC2)C2CCC=CC2=C3C2=CCC3C=CC=CC3=C2)=CC=C1c1nc2ccccc2n1-c1ccccc1. The summed E-state index contributed by atoms with van der Waals surface area (Å²) in [7, 11) is 0. The van der Waals surface area contributed by atoms with Gasteiger partial charge in [0.05, 0.1) is 11.0 Å². The van der Waals surface area contributed by atoms with E-state index in [0.717, 1.165) is 54.6 Å². The van der Waals surface area contributed by atoms with Crippen molar-refractivity contribution in [2.75, 3.05) is 0 Å². The Balaban J connectivity index is 1.04. The van der Waals surface area contributed by atoms with Crippen molar-refractivity contribution < 1.29 is 0 Å². The maximum atomic E-state index is 5.25. The van der Waals surface area contributed by atoms with E-state index in [-0.39, 0.29) is 0 Å². The lowest BCUT2D eigenvalue weighted by atomic mass is 9.59. The van der Waals surface area contributed by atoms with E-state index < -0.39 is 0 Å². The Kier molecular flexibility index (Phi) is 8.27. The minimum atomic E-state index is 0.342. The van der Waals surface area contributed by atoms with Gasteiger partial charge in [-0.15, -0.1) is 0 Å². The fourth-order valence-corrected chi connectivity index (χ4v) is 11.0. The number of benzene rings is 3. The summed E-state index contributed by atoms with van der Waals surface area (Å²) in [5.74, 6) is 3.47. The van der Waals surface area contributed by atoms with Crippen molar-refractivity contribution in [3.63, 3.8) is 0 Å². The fraction of sp³-hybridized carbons (Fsp3) is 0.241. The highest BCUT2D eigenvalue weighted by molar-refractivity contribution is 5.83. The monoisotopic (exact) mass is 724 g/mol. The smallest absolute Gasteiger partial charge is 0.141 e. The zero-order valence-corrected chi connectivity index (χ0v) is 32.2. The molecule has 1 aromatic heterocycles. The molecule has 0 fully saturated rings. The van der Waals surface area contributed by atoms with E-state index in [1.54, 1.807) is 11.1 Å². The number of fused-ring (bicyclic) bond motifs is 4. The van der Waals surface area contributed by atoms with Crippen molar-refractivity contribution in [1.82, 2.24) is 9.55 Å². The van der Waals surface area contributed by atoms with Gasteiger partial charge in [0.25, 0.3) is 0 Å². The number of rotatable bonds is 5. The third-order valence-electron chi connectivity index (χ3n) is 13.7. The van der Waals surface area contributed by atoms with Crippen molar-refractivity contribution in [1.29, 1.82) is 0 Å². The normalized spacial score (nSPS) is 26.4. The van der Waals surface area contributed by atoms with Crippen LogP contribution in [0.5, 0.6) is 0 Å². The van der Waals surface area contributed by atoms with E-state index in [1.165, 1.54) is 62.3 Å². The molecule has 4 aromatic rings. The molecule has 0 spiro atoms. The maximum Gasteiger partial charge on any atom is 0.141 e. The Morgan fingerprint density at radius 2 is 1.62 bits per heavy atom. The second-order valence-electron chi connectivity index (χ2n) is 16.9. The van der Waals surface area contributed by atoms with Crippen molar-refractivity contribution in [2.45, 2.75) is 51.9 Å². The molecular formula is C54H48N2. The third-order valence-corrected chi connectivity index (χ3v) is 13.7. The van der Waals surface area contributed by atoms with Crippen molar-refractivity contribution in [2.24, 2.45) is 29.6 Å². The molecule has 0 bridgehead atoms. The number of hydrogen-bond acceptors (Lipinski definition) is 1. The molecule has 0 saturated carbocycles. The summed E-state index contributed by atoms with van der Waals surface area (Å²) in [4.78, 5) is 5.25. The lowest BCUT2D eigenvalue weighted by molar-refractivity contribution is 0.324. The van der Waals surface area contributed by atoms with Crippen LogP contribution in [0.2, 0.25) is 0 Å². The van der Waals surface area contributed by atoms with Gasteiger partial charge >= 0.3 is 0 Å². The predicted molar refractivity (Wildman–Crippen MR) is 233 cm³/mol. The second-order valence-corrected chi connectivity index (χ2v) is 16.9. The highest BCUT2D eigenvalue weighted by Gasteiger charge is 2.42. The second kappa shape index (κ2) is 13.8. The molecular weight excluding hydrogens is 677 g/mol. The number of hydrogen-bond donors (Lipinski definition) is 0. The van der Waals surface area contributed by atoms with Gasteiger partial charge in [-0.1, -0.05) is 146 Å². The van der Waals surface area contributed by atoms with Crippen LogP contribution in [0, 0.1) is 29.6 Å². The lowest BCUT2D eigenvalue weighted by Gasteiger charge is -2.45.